The summed E-state index contributed by atoms with van der Waals surface area (Å²) in [5.74, 6) is -1.70. The minimum absolute atomic E-state index is 0.230. The van der Waals surface area contributed by atoms with Crippen LogP contribution in [0.25, 0.3) is 0 Å². The number of nitrogens with zero attached hydrogens (tertiary/aromatic N) is 1. The fourth-order valence-electron chi connectivity index (χ4n) is 3.18. The van der Waals surface area contributed by atoms with E-state index in [1.54, 1.807) is 0 Å². The van der Waals surface area contributed by atoms with Gasteiger partial charge in [-0.3, -0.25) is 0 Å². The van der Waals surface area contributed by atoms with Crippen molar-refractivity contribution in [2.75, 3.05) is 0 Å². The number of piperidine rings is 1. The molecule has 7 nitrogen and oxygen atoms in total. The third-order valence-corrected chi connectivity index (χ3v) is 5.84. The summed E-state index contributed by atoms with van der Waals surface area (Å²) in [5.41, 5.74) is 0. The number of carboxylic acid groups (broad SMARTS) is 1. The fraction of sp³-hybridized carbons (Fsp3) is 0.583. The summed E-state index contributed by atoms with van der Waals surface area (Å²) in [4.78, 5) is 10.8. The highest BCUT2D eigenvalue weighted by atomic mass is 32.2. The van der Waals surface area contributed by atoms with Crippen LogP contribution in [0.5, 0.6) is 0 Å². The molecule has 2 saturated heterocycles. The lowest BCUT2D eigenvalue weighted by atomic mass is 10.0. The van der Waals surface area contributed by atoms with Gasteiger partial charge in [0.1, 0.15) is 0 Å². The normalized spacial score (nSPS) is 30.6. The van der Waals surface area contributed by atoms with Crippen LogP contribution in [0.4, 0.5) is 0 Å². The van der Waals surface area contributed by atoms with Gasteiger partial charge >= 0.3 is 5.97 Å². The number of sulfonamides is 1. The molecule has 0 aromatic carbocycles. The maximum absolute atomic E-state index is 12.5. The zero-order valence-electron chi connectivity index (χ0n) is 10.6. The van der Waals surface area contributed by atoms with Gasteiger partial charge in [-0.1, -0.05) is 0 Å². The maximum atomic E-state index is 12.5. The molecule has 2 atom stereocenters. The molecule has 2 aliphatic heterocycles. The Balaban J connectivity index is 1.94. The summed E-state index contributed by atoms with van der Waals surface area (Å²) < 4.78 is 31.4. The van der Waals surface area contributed by atoms with Crippen molar-refractivity contribution in [2.24, 2.45) is 0 Å². The van der Waals surface area contributed by atoms with E-state index in [2.05, 4.69) is 0 Å². The zero-order chi connectivity index (χ0) is 14.5. The molecule has 2 bridgehead atoms. The molecule has 0 amide bonds. The highest BCUT2D eigenvalue weighted by Gasteiger charge is 2.47. The van der Waals surface area contributed by atoms with E-state index in [0.717, 1.165) is 6.07 Å². The number of furan rings is 1. The number of carboxylic acids is 1. The number of hydrogen-bond acceptors (Lipinski definition) is 5. The van der Waals surface area contributed by atoms with Gasteiger partial charge < -0.3 is 14.6 Å². The molecule has 2 aliphatic rings. The van der Waals surface area contributed by atoms with Crippen LogP contribution in [-0.4, -0.2) is 47.1 Å². The number of aromatic carboxylic acids is 1. The molecule has 8 heteroatoms. The Morgan fingerprint density at radius 1 is 1.25 bits per heavy atom. The molecular formula is C12H15NO6S. The first-order valence-corrected chi connectivity index (χ1v) is 7.88. The molecule has 3 rings (SSSR count). The highest BCUT2D eigenvalue weighted by molar-refractivity contribution is 7.89. The van der Waals surface area contributed by atoms with Gasteiger partial charge in [-0.15, -0.1) is 0 Å². The first kappa shape index (κ1) is 13.6. The lowest BCUT2D eigenvalue weighted by molar-refractivity contribution is 0.0655. The smallest absolute Gasteiger partial charge is 0.371 e. The minimum atomic E-state index is -3.84. The van der Waals surface area contributed by atoms with Gasteiger partial charge in [-0.25, -0.2) is 13.2 Å². The van der Waals surface area contributed by atoms with Gasteiger partial charge in [-0.2, -0.15) is 4.31 Å². The van der Waals surface area contributed by atoms with Crippen LogP contribution < -0.4 is 0 Å². The number of aliphatic hydroxyl groups is 1. The highest BCUT2D eigenvalue weighted by Crippen LogP contribution is 2.39. The van der Waals surface area contributed by atoms with E-state index in [4.69, 9.17) is 9.52 Å². The van der Waals surface area contributed by atoms with Crippen LogP contribution in [0.1, 0.15) is 36.2 Å². The van der Waals surface area contributed by atoms with Crippen LogP contribution in [0.15, 0.2) is 21.6 Å². The Morgan fingerprint density at radius 2 is 1.85 bits per heavy atom. The first-order valence-electron chi connectivity index (χ1n) is 6.44. The van der Waals surface area contributed by atoms with Crippen molar-refractivity contribution in [1.29, 1.82) is 0 Å². The Labute approximate surface area is 115 Å². The van der Waals surface area contributed by atoms with E-state index in [9.17, 15) is 18.3 Å². The summed E-state index contributed by atoms with van der Waals surface area (Å²) in [6.45, 7) is 0. The SMILES string of the molecule is O=C(O)c1ccc(S(=O)(=O)N2C3CCC2CC(O)C3)o1. The van der Waals surface area contributed by atoms with E-state index in [1.165, 1.54) is 10.4 Å². The average molecular weight is 301 g/mol. The molecule has 1 aromatic rings. The molecule has 0 aliphatic carbocycles. The Hall–Kier alpha value is -1.38. The standard InChI is InChI=1S/C12H15NO6S/c14-9-5-7-1-2-8(6-9)13(7)20(17,18)11-4-3-10(19-11)12(15)16/h3-4,7-9,14H,1-2,5-6H2,(H,15,16). The Bertz CT molecular complexity index is 622. The molecule has 0 saturated carbocycles. The van der Waals surface area contributed by atoms with E-state index in [1.807, 2.05) is 0 Å². The van der Waals surface area contributed by atoms with Crippen LogP contribution >= 0.6 is 0 Å². The summed E-state index contributed by atoms with van der Waals surface area (Å²) in [6, 6.07) is 1.85. The predicted octanol–water partition coefficient (Wildman–Crippen LogP) is 0.654. The lowest BCUT2D eigenvalue weighted by Gasteiger charge is -2.35. The largest absolute Gasteiger partial charge is 0.475 e. The molecule has 0 spiro atoms. The predicted molar refractivity (Wildman–Crippen MR) is 66.7 cm³/mol. The number of fused-ring (bicyclic) bond motifs is 2. The van der Waals surface area contributed by atoms with Crippen LogP contribution in [0, 0.1) is 0 Å². The number of carbonyl (C=O) groups is 1. The molecule has 2 fully saturated rings. The maximum Gasteiger partial charge on any atom is 0.371 e. The van der Waals surface area contributed by atoms with E-state index in [0.29, 0.717) is 25.7 Å². The van der Waals surface area contributed by atoms with Crippen molar-refractivity contribution in [2.45, 2.75) is 49.0 Å². The van der Waals surface area contributed by atoms with Gasteiger partial charge in [-0.05, 0) is 37.8 Å². The van der Waals surface area contributed by atoms with Crippen LogP contribution in [-0.2, 0) is 10.0 Å². The van der Waals surface area contributed by atoms with Gasteiger partial charge in [0.2, 0.25) is 10.9 Å². The van der Waals surface area contributed by atoms with Crippen molar-refractivity contribution in [3.05, 3.63) is 17.9 Å². The minimum Gasteiger partial charge on any atom is -0.475 e. The monoisotopic (exact) mass is 301 g/mol. The summed E-state index contributed by atoms with van der Waals surface area (Å²) in [6.07, 6.45) is 1.80. The second-order valence-electron chi connectivity index (χ2n) is 5.27. The van der Waals surface area contributed by atoms with Crippen LogP contribution in [0.3, 0.4) is 0 Å². The van der Waals surface area contributed by atoms with Crippen molar-refractivity contribution in [3.63, 3.8) is 0 Å². The molecule has 110 valence electrons. The summed E-state index contributed by atoms with van der Waals surface area (Å²) >= 11 is 0. The van der Waals surface area contributed by atoms with Crippen LogP contribution in [0.2, 0.25) is 0 Å². The van der Waals surface area contributed by atoms with Gasteiger partial charge in [0.05, 0.1) is 6.10 Å². The third-order valence-electron chi connectivity index (χ3n) is 3.97. The van der Waals surface area contributed by atoms with Crippen molar-refractivity contribution in [1.82, 2.24) is 4.31 Å². The molecule has 20 heavy (non-hydrogen) atoms. The zero-order valence-corrected chi connectivity index (χ0v) is 11.4. The topological polar surface area (TPSA) is 108 Å². The summed E-state index contributed by atoms with van der Waals surface area (Å²) in [5, 5.41) is 18.1. The van der Waals surface area contributed by atoms with Gasteiger partial charge in [0.15, 0.2) is 0 Å². The Morgan fingerprint density at radius 3 is 2.35 bits per heavy atom. The van der Waals surface area contributed by atoms with Crippen molar-refractivity contribution >= 4 is 16.0 Å². The number of rotatable bonds is 3. The molecular weight excluding hydrogens is 286 g/mol. The molecule has 2 unspecified atom stereocenters. The Kier molecular flexibility index (Phi) is 3.11. The molecule has 3 heterocycles. The quantitative estimate of drug-likeness (QED) is 0.849. The summed E-state index contributed by atoms with van der Waals surface area (Å²) in [7, 11) is -3.84. The molecule has 1 aromatic heterocycles. The van der Waals surface area contributed by atoms with Gasteiger partial charge in [0.25, 0.3) is 10.0 Å². The second kappa shape index (κ2) is 4.57. The lowest BCUT2D eigenvalue weighted by Crippen LogP contribution is -2.47. The van der Waals surface area contributed by atoms with Crippen molar-refractivity contribution in [3.8, 4) is 0 Å². The fourth-order valence-corrected chi connectivity index (χ4v) is 4.99. The number of hydrogen-bond donors (Lipinski definition) is 2. The first-order chi connectivity index (χ1) is 9.39. The van der Waals surface area contributed by atoms with E-state index in [-0.39, 0.29) is 17.2 Å². The molecule has 0 radical (unpaired) electrons. The average Bonchev–Trinajstić information content (AvgIpc) is 2.94. The van der Waals surface area contributed by atoms with Crippen molar-refractivity contribution < 1.29 is 27.8 Å². The van der Waals surface area contributed by atoms with E-state index < -0.39 is 27.9 Å². The molecule has 2 N–H and O–H groups in total. The second-order valence-corrected chi connectivity index (χ2v) is 7.04. The third kappa shape index (κ3) is 2.04. The van der Waals surface area contributed by atoms with E-state index >= 15 is 0 Å². The number of aliphatic hydroxyl groups excluding tert-OH is 1. The van der Waals surface area contributed by atoms with Gasteiger partial charge in [0, 0.05) is 12.1 Å².